The SMILES string of the molecule is C=CCOC(=O)NCCCCC1CCSS1. The maximum Gasteiger partial charge on any atom is 0.407 e. The molecule has 1 heterocycles. The van der Waals surface area contributed by atoms with Gasteiger partial charge in [-0.25, -0.2) is 4.79 Å². The van der Waals surface area contributed by atoms with Crippen LogP contribution in [-0.4, -0.2) is 30.2 Å². The average Bonchev–Trinajstić information content (AvgIpc) is 2.79. The Hall–Kier alpha value is -0.290. The quantitative estimate of drug-likeness (QED) is 0.434. The van der Waals surface area contributed by atoms with Gasteiger partial charge in [0.25, 0.3) is 0 Å². The van der Waals surface area contributed by atoms with Gasteiger partial charge in [0, 0.05) is 17.5 Å². The number of rotatable bonds is 7. The molecule has 0 aromatic heterocycles. The highest BCUT2D eigenvalue weighted by molar-refractivity contribution is 8.77. The number of carbonyl (C=O) groups is 1. The fourth-order valence-corrected chi connectivity index (χ4v) is 4.47. The molecule has 92 valence electrons. The molecule has 1 aliphatic rings. The van der Waals surface area contributed by atoms with Crippen LogP contribution >= 0.6 is 21.6 Å². The molecule has 3 nitrogen and oxygen atoms in total. The van der Waals surface area contributed by atoms with E-state index in [0.717, 1.165) is 11.7 Å². The highest BCUT2D eigenvalue weighted by atomic mass is 33.1. The number of ether oxygens (including phenoxy) is 1. The minimum Gasteiger partial charge on any atom is -0.445 e. The molecule has 1 fully saturated rings. The van der Waals surface area contributed by atoms with Crippen molar-refractivity contribution < 1.29 is 9.53 Å². The zero-order valence-corrected chi connectivity index (χ0v) is 11.1. The van der Waals surface area contributed by atoms with Gasteiger partial charge in [-0.2, -0.15) is 0 Å². The van der Waals surface area contributed by atoms with Crippen LogP contribution in [0.15, 0.2) is 12.7 Å². The van der Waals surface area contributed by atoms with Gasteiger partial charge in [-0.3, -0.25) is 0 Å². The van der Waals surface area contributed by atoms with E-state index in [1.165, 1.54) is 25.0 Å². The summed E-state index contributed by atoms with van der Waals surface area (Å²) in [5.41, 5.74) is 0. The van der Waals surface area contributed by atoms with Crippen molar-refractivity contribution >= 4 is 27.7 Å². The molecule has 1 saturated heterocycles. The molecule has 0 saturated carbocycles. The predicted octanol–water partition coefficient (Wildman–Crippen LogP) is 3.22. The first-order valence-corrected chi connectivity index (χ1v) is 8.01. The van der Waals surface area contributed by atoms with Crippen molar-refractivity contribution in [2.24, 2.45) is 0 Å². The van der Waals surface area contributed by atoms with Crippen molar-refractivity contribution in [3.05, 3.63) is 12.7 Å². The van der Waals surface area contributed by atoms with Gasteiger partial charge < -0.3 is 10.1 Å². The first kappa shape index (κ1) is 13.8. The third-order valence-electron chi connectivity index (χ3n) is 2.28. The Balaban J connectivity index is 1.87. The summed E-state index contributed by atoms with van der Waals surface area (Å²) in [5.74, 6) is 1.29. The molecule has 1 amide bonds. The van der Waals surface area contributed by atoms with Crippen LogP contribution < -0.4 is 5.32 Å². The molecule has 16 heavy (non-hydrogen) atoms. The van der Waals surface area contributed by atoms with Gasteiger partial charge in [0.05, 0.1) is 0 Å². The highest BCUT2D eigenvalue weighted by Gasteiger charge is 2.15. The van der Waals surface area contributed by atoms with Gasteiger partial charge in [-0.05, 0) is 19.3 Å². The molecule has 0 radical (unpaired) electrons. The lowest BCUT2D eigenvalue weighted by Crippen LogP contribution is -2.25. The molecular weight excluding hydrogens is 242 g/mol. The molecule has 1 N–H and O–H groups in total. The Bertz CT molecular complexity index is 218. The van der Waals surface area contributed by atoms with Crippen molar-refractivity contribution in [1.82, 2.24) is 5.32 Å². The van der Waals surface area contributed by atoms with E-state index in [2.05, 4.69) is 11.9 Å². The maximum absolute atomic E-state index is 11.0. The number of hydrogen-bond donors (Lipinski definition) is 1. The van der Waals surface area contributed by atoms with Crippen LogP contribution in [0.5, 0.6) is 0 Å². The van der Waals surface area contributed by atoms with E-state index in [4.69, 9.17) is 4.74 Å². The number of amides is 1. The van der Waals surface area contributed by atoms with Crippen LogP contribution in [0.4, 0.5) is 4.79 Å². The van der Waals surface area contributed by atoms with Crippen molar-refractivity contribution in [2.75, 3.05) is 18.9 Å². The van der Waals surface area contributed by atoms with E-state index in [1.54, 1.807) is 6.08 Å². The smallest absolute Gasteiger partial charge is 0.407 e. The fraction of sp³-hybridized carbons (Fsp3) is 0.727. The van der Waals surface area contributed by atoms with E-state index >= 15 is 0 Å². The molecule has 0 aliphatic carbocycles. The topological polar surface area (TPSA) is 38.3 Å². The molecule has 1 atom stereocenters. The molecule has 1 unspecified atom stereocenters. The summed E-state index contributed by atoms with van der Waals surface area (Å²) in [6.45, 7) is 4.47. The summed E-state index contributed by atoms with van der Waals surface area (Å²) in [5, 5.41) is 3.55. The number of unbranched alkanes of at least 4 members (excludes halogenated alkanes) is 1. The second-order valence-electron chi connectivity index (χ2n) is 3.64. The molecule has 1 aliphatic heterocycles. The van der Waals surface area contributed by atoms with Gasteiger partial charge in [-0.1, -0.05) is 40.7 Å². The molecule has 0 aromatic carbocycles. The van der Waals surface area contributed by atoms with Crippen molar-refractivity contribution in [3.8, 4) is 0 Å². The Morgan fingerprint density at radius 1 is 1.56 bits per heavy atom. The summed E-state index contributed by atoms with van der Waals surface area (Å²) in [4.78, 5) is 11.0. The van der Waals surface area contributed by atoms with Gasteiger partial charge in [0.15, 0.2) is 0 Å². The third-order valence-corrected chi connectivity index (χ3v) is 5.29. The molecule has 5 heteroatoms. The van der Waals surface area contributed by atoms with E-state index < -0.39 is 0 Å². The summed E-state index contributed by atoms with van der Waals surface area (Å²) in [6, 6.07) is 0. The van der Waals surface area contributed by atoms with E-state index in [-0.39, 0.29) is 12.7 Å². The van der Waals surface area contributed by atoms with Crippen LogP contribution in [0.25, 0.3) is 0 Å². The number of nitrogens with one attached hydrogen (secondary N) is 1. The minimum atomic E-state index is -0.342. The van der Waals surface area contributed by atoms with Gasteiger partial charge >= 0.3 is 6.09 Å². The summed E-state index contributed by atoms with van der Waals surface area (Å²) < 4.78 is 4.80. The van der Waals surface area contributed by atoms with Crippen LogP contribution in [0.2, 0.25) is 0 Å². The van der Waals surface area contributed by atoms with Gasteiger partial charge in [-0.15, -0.1) is 0 Å². The highest BCUT2D eigenvalue weighted by Crippen LogP contribution is 2.39. The lowest BCUT2D eigenvalue weighted by Gasteiger charge is -2.07. The Labute approximate surface area is 105 Å². The molecular formula is C11H19NO2S2. The van der Waals surface area contributed by atoms with Crippen LogP contribution in [0.1, 0.15) is 25.7 Å². The molecule has 0 aromatic rings. The first-order chi connectivity index (χ1) is 7.83. The summed E-state index contributed by atoms with van der Waals surface area (Å²) >= 11 is 0. The van der Waals surface area contributed by atoms with Crippen LogP contribution in [-0.2, 0) is 4.74 Å². The largest absolute Gasteiger partial charge is 0.445 e. The van der Waals surface area contributed by atoms with E-state index in [9.17, 15) is 4.79 Å². The third kappa shape index (κ3) is 6.33. The zero-order chi connectivity index (χ0) is 11.6. The summed E-state index contributed by atoms with van der Waals surface area (Å²) in [6.07, 6.45) is 6.04. The lowest BCUT2D eigenvalue weighted by molar-refractivity contribution is 0.158. The van der Waals surface area contributed by atoms with Crippen molar-refractivity contribution in [2.45, 2.75) is 30.9 Å². The Kier molecular flexibility index (Phi) is 7.59. The van der Waals surface area contributed by atoms with Crippen molar-refractivity contribution in [1.29, 1.82) is 0 Å². The zero-order valence-electron chi connectivity index (χ0n) is 9.44. The minimum absolute atomic E-state index is 0.280. The van der Waals surface area contributed by atoms with Crippen LogP contribution in [0.3, 0.4) is 0 Å². The first-order valence-electron chi connectivity index (χ1n) is 5.62. The van der Waals surface area contributed by atoms with Crippen LogP contribution in [0, 0.1) is 0 Å². The maximum atomic E-state index is 11.0. The summed E-state index contributed by atoms with van der Waals surface area (Å²) in [7, 11) is 3.99. The van der Waals surface area contributed by atoms with E-state index in [0.29, 0.717) is 6.54 Å². The fourth-order valence-electron chi connectivity index (χ4n) is 1.44. The second kappa shape index (κ2) is 8.82. The monoisotopic (exact) mass is 261 g/mol. The number of carbonyl (C=O) groups excluding carboxylic acids is 1. The molecule has 0 bridgehead atoms. The second-order valence-corrected chi connectivity index (χ2v) is 6.43. The normalized spacial score (nSPS) is 19.4. The number of alkyl carbamates (subject to hydrolysis) is 1. The number of hydrogen-bond acceptors (Lipinski definition) is 4. The average molecular weight is 261 g/mol. The molecule has 0 spiro atoms. The van der Waals surface area contributed by atoms with E-state index in [1.807, 2.05) is 21.6 Å². The molecule has 1 rings (SSSR count). The standard InChI is InChI=1S/C11H19NO2S2/c1-2-8-14-11(13)12-7-4-3-5-10-6-9-15-16-10/h2,10H,1,3-9H2,(H,12,13). The van der Waals surface area contributed by atoms with Gasteiger partial charge in [0.2, 0.25) is 0 Å². The Morgan fingerprint density at radius 3 is 3.12 bits per heavy atom. The van der Waals surface area contributed by atoms with Gasteiger partial charge in [0.1, 0.15) is 6.61 Å². The lowest BCUT2D eigenvalue weighted by atomic mass is 10.1. The predicted molar refractivity (Wildman–Crippen MR) is 71.9 cm³/mol. The van der Waals surface area contributed by atoms with Crippen molar-refractivity contribution in [3.63, 3.8) is 0 Å². The Morgan fingerprint density at radius 2 is 2.44 bits per heavy atom.